The number of aliphatic hydroxyl groups excluding tert-OH is 1. The average molecular weight is 255 g/mol. The Morgan fingerprint density at radius 3 is 2.61 bits per heavy atom. The van der Waals surface area contributed by atoms with Crippen LogP contribution in [0.4, 0.5) is 0 Å². The molecule has 0 aliphatic carbocycles. The van der Waals surface area contributed by atoms with Crippen LogP contribution in [-0.2, 0) is 16.0 Å². The molecule has 0 aliphatic heterocycles. The molecule has 6 heteroatoms. The number of phenolic OH excluding ortho intramolecular Hbond substituents is 2. The van der Waals surface area contributed by atoms with Crippen LogP contribution < -0.4 is 5.73 Å². The van der Waals surface area contributed by atoms with Gasteiger partial charge in [-0.25, -0.2) is 0 Å². The summed E-state index contributed by atoms with van der Waals surface area (Å²) in [6.45, 7) is 1.29. The van der Waals surface area contributed by atoms with Crippen LogP contribution in [0.2, 0.25) is 0 Å². The van der Waals surface area contributed by atoms with Crippen LogP contribution in [0.5, 0.6) is 11.5 Å². The second kappa shape index (κ2) is 6.23. The number of carbonyl (C=O) groups excluding carboxylic acids is 1. The molecule has 0 heterocycles. The van der Waals surface area contributed by atoms with Crippen LogP contribution >= 0.6 is 0 Å². The number of phenols is 2. The minimum Gasteiger partial charge on any atom is -0.504 e. The summed E-state index contributed by atoms with van der Waals surface area (Å²) in [6, 6.07) is 3.32. The zero-order valence-electron chi connectivity index (χ0n) is 10.0. The molecule has 1 aromatic carbocycles. The smallest absolute Gasteiger partial charge is 0.323 e. The fraction of sp³-hybridized carbons (Fsp3) is 0.417. The van der Waals surface area contributed by atoms with Crippen molar-refractivity contribution < 1.29 is 24.9 Å². The molecular formula is C12H17NO5. The molecule has 0 radical (unpaired) electrons. The Kier molecular flexibility index (Phi) is 4.94. The highest BCUT2D eigenvalue weighted by Gasteiger charge is 2.18. The van der Waals surface area contributed by atoms with E-state index in [1.54, 1.807) is 13.0 Å². The molecule has 1 unspecified atom stereocenters. The molecule has 2 atom stereocenters. The number of aromatic hydroxyl groups is 2. The molecule has 1 rings (SSSR count). The van der Waals surface area contributed by atoms with Crippen molar-refractivity contribution in [2.75, 3.05) is 6.61 Å². The molecule has 0 fully saturated rings. The predicted octanol–water partition coefficient (Wildman–Crippen LogP) is -0.108. The molecule has 0 saturated carbocycles. The summed E-state index contributed by atoms with van der Waals surface area (Å²) in [7, 11) is 0. The summed E-state index contributed by atoms with van der Waals surface area (Å²) >= 11 is 0. The molecule has 5 N–H and O–H groups in total. The van der Waals surface area contributed by atoms with Gasteiger partial charge in [-0.2, -0.15) is 0 Å². The van der Waals surface area contributed by atoms with Crippen LogP contribution in [0.3, 0.4) is 0 Å². The van der Waals surface area contributed by atoms with Gasteiger partial charge in [-0.1, -0.05) is 6.07 Å². The van der Waals surface area contributed by atoms with Gasteiger partial charge in [0.15, 0.2) is 11.5 Å². The monoisotopic (exact) mass is 255 g/mol. The van der Waals surface area contributed by atoms with Crippen LogP contribution in [0.15, 0.2) is 18.2 Å². The standard InChI is InChI=1S/C12H17NO5/c1-7(6-14)18-12(17)9(13)4-8-2-3-10(15)11(16)5-8/h2-3,5,7,9,14-16H,4,6,13H2,1H3/t7?,9-/m0/s1. The lowest BCUT2D eigenvalue weighted by Crippen LogP contribution is -2.36. The fourth-order valence-electron chi connectivity index (χ4n) is 1.36. The molecule has 1 aromatic rings. The SMILES string of the molecule is CC(CO)OC(=O)[C@@H](N)Cc1ccc(O)c(O)c1. The summed E-state index contributed by atoms with van der Waals surface area (Å²) in [5, 5.41) is 27.2. The number of ether oxygens (including phenoxy) is 1. The first-order valence-corrected chi connectivity index (χ1v) is 5.51. The summed E-state index contributed by atoms with van der Waals surface area (Å²) in [6.07, 6.45) is -0.429. The number of hydrogen-bond donors (Lipinski definition) is 4. The maximum atomic E-state index is 11.5. The highest BCUT2D eigenvalue weighted by Crippen LogP contribution is 2.25. The van der Waals surface area contributed by atoms with Gasteiger partial charge >= 0.3 is 5.97 Å². The van der Waals surface area contributed by atoms with Crippen molar-refractivity contribution >= 4 is 5.97 Å². The first-order valence-electron chi connectivity index (χ1n) is 5.51. The molecule has 0 saturated heterocycles. The fourth-order valence-corrected chi connectivity index (χ4v) is 1.36. The molecular weight excluding hydrogens is 238 g/mol. The van der Waals surface area contributed by atoms with Crippen LogP contribution in [-0.4, -0.2) is 40.0 Å². The van der Waals surface area contributed by atoms with Gasteiger partial charge in [-0.05, 0) is 31.0 Å². The van der Waals surface area contributed by atoms with Gasteiger partial charge in [0, 0.05) is 0 Å². The Morgan fingerprint density at radius 1 is 1.39 bits per heavy atom. The van der Waals surface area contributed by atoms with Gasteiger partial charge < -0.3 is 25.8 Å². The van der Waals surface area contributed by atoms with Crippen molar-refractivity contribution in [2.45, 2.75) is 25.5 Å². The van der Waals surface area contributed by atoms with E-state index in [9.17, 15) is 9.90 Å². The maximum Gasteiger partial charge on any atom is 0.323 e. The van der Waals surface area contributed by atoms with Crippen LogP contribution in [0.25, 0.3) is 0 Å². The Labute approximate surface area is 105 Å². The van der Waals surface area contributed by atoms with E-state index >= 15 is 0 Å². The minimum atomic E-state index is -0.886. The van der Waals surface area contributed by atoms with Crippen molar-refractivity contribution in [2.24, 2.45) is 5.73 Å². The first kappa shape index (κ1) is 14.3. The van der Waals surface area contributed by atoms with Gasteiger partial charge in [0.2, 0.25) is 0 Å². The molecule has 0 amide bonds. The van der Waals surface area contributed by atoms with Gasteiger partial charge in [-0.3, -0.25) is 4.79 Å². The third-order valence-corrected chi connectivity index (χ3v) is 2.37. The van der Waals surface area contributed by atoms with Crippen molar-refractivity contribution in [1.82, 2.24) is 0 Å². The Hall–Kier alpha value is -1.79. The summed E-state index contributed by atoms with van der Waals surface area (Å²) in [4.78, 5) is 11.5. The van der Waals surface area contributed by atoms with E-state index in [1.165, 1.54) is 12.1 Å². The Bertz CT molecular complexity index is 421. The van der Waals surface area contributed by atoms with Gasteiger partial charge in [-0.15, -0.1) is 0 Å². The van der Waals surface area contributed by atoms with Gasteiger partial charge in [0.25, 0.3) is 0 Å². The number of hydrogen-bond acceptors (Lipinski definition) is 6. The zero-order chi connectivity index (χ0) is 13.7. The second-order valence-electron chi connectivity index (χ2n) is 4.06. The lowest BCUT2D eigenvalue weighted by Gasteiger charge is -2.15. The number of aliphatic hydroxyl groups is 1. The van der Waals surface area contributed by atoms with E-state index in [0.29, 0.717) is 5.56 Å². The van der Waals surface area contributed by atoms with Gasteiger partial charge in [0.05, 0.1) is 6.61 Å². The second-order valence-corrected chi connectivity index (χ2v) is 4.06. The van der Waals surface area contributed by atoms with Gasteiger partial charge in [0.1, 0.15) is 12.1 Å². The third-order valence-electron chi connectivity index (χ3n) is 2.37. The highest BCUT2D eigenvalue weighted by molar-refractivity contribution is 5.76. The number of rotatable bonds is 5. The van der Waals surface area contributed by atoms with E-state index in [-0.39, 0.29) is 24.5 Å². The van der Waals surface area contributed by atoms with Crippen molar-refractivity contribution in [3.63, 3.8) is 0 Å². The van der Waals surface area contributed by atoms with Crippen molar-refractivity contribution in [1.29, 1.82) is 0 Å². The molecule has 18 heavy (non-hydrogen) atoms. The molecule has 6 nitrogen and oxygen atoms in total. The molecule has 100 valence electrons. The summed E-state index contributed by atoms with van der Waals surface area (Å²) in [5.74, 6) is -1.12. The lowest BCUT2D eigenvalue weighted by molar-refractivity contribution is -0.151. The topological polar surface area (TPSA) is 113 Å². The number of esters is 1. The predicted molar refractivity (Wildman–Crippen MR) is 64.1 cm³/mol. The van der Waals surface area contributed by atoms with E-state index in [2.05, 4.69) is 0 Å². The van der Waals surface area contributed by atoms with Crippen molar-refractivity contribution in [3.8, 4) is 11.5 Å². The first-order chi connectivity index (χ1) is 8.43. The zero-order valence-corrected chi connectivity index (χ0v) is 10.0. The Balaban J connectivity index is 2.60. The average Bonchev–Trinajstić information content (AvgIpc) is 2.33. The highest BCUT2D eigenvalue weighted by atomic mass is 16.6. The van der Waals surface area contributed by atoms with E-state index in [4.69, 9.17) is 20.7 Å². The quantitative estimate of drug-likeness (QED) is 0.431. The lowest BCUT2D eigenvalue weighted by atomic mass is 10.1. The normalized spacial score (nSPS) is 13.9. The largest absolute Gasteiger partial charge is 0.504 e. The van der Waals surface area contributed by atoms with Crippen LogP contribution in [0.1, 0.15) is 12.5 Å². The summed E-state index contributed by atoms with van der Waals surface area (Å²) in [5.41, 5.74) is 6.24. The molecule has 0 aliphatic rings. The number of carbonyl (C=O) groups is 1. The number of nitrogens with two attached hydrogens (primary N) is 1. The minimum absolute atomic E-state index is 0.171. The van der Waals surface area contributed by atoms with E-state index < -0.39 is 18.1 Å². The molecule has 0 spiro atoms. The van der Waals surface area contributed by atoms with E-state index in [1.807, 2.05) is 0 Å². The van der Waals surface area contributed by atoms with E-state index in [0.717, 1.165) is 0 Å². The van der Waals surface area contributed by atoms with Crippen LogP contribution in [0, 0.1) is 0 Å². The Morgan fingerprint density at radius 2 is 2.06 bits per heavy atom. The van der Waals surface area contributed by atoms with Crippen molar-refractivity contribution in [3.05, 3.63) is 23.8 Å². The molecule has 0 bridgehead atoms. The third kappa shape index (κ3) is 3.90. The maximum absolute atomic E-state index is 11.5. The number of benzene rings is 1. The summed E-state index contributed by atoms with van der Waals surface area (Å²) < 4.78 is 4.86. The molecule has 0 aromatic heterocycles.